The molecule has 0 atom stereocenters. The first-order chi connectivity index (χ1) is 14.1. The van der Waals surface area contributed by atoms with Crippen molar-refractivity contribution in [2.24, 2.45) is 0 Å². The molecule has 0 aliphatic carbocycles. The lowest BCUT2D eigenvalue weighted by atomic mass is 10.1. The number of rotatable bonds is 6. The van der Waals surface area contributed by atoms with E-state index in [0.717, 1.165) is 11.3 Å². The Morgan fingerprint density at radius 3 is 2.83 bits per heavy atom. The summed E-state index contributed by atoms with van der Waals surface area (Å²) in [5.41, 5.74) is 2.30. The van der Waals surface area contributed by atoms with Crippen LogP contribution in [0.1, 0.15) is 0 Å². The average Bonchev–Trinajstić information content (AvgIpc) is 3.16. The summed E-state index contributed by atoms with van der Waals surface area (Å²) in [5.74, 6) is -0.0584. The predicted octanol–water partition coefficient (Wildman–Crippen LogP) is 3.67. The third-order valence-electron chi connectivity index (χ3n) is 4.08. The molecular weight excluding hydrogens is 393 g/mol. The summed E-state index contributed by atoms with van der Waals surface area (Å²) in [5, 5.41) is 15.8. The predicted molar refractivity (Wildman–Crippen MR) is 109 cm³/mol. The minimum Gasteiger partial charge on any atom is -0.497 e. The molecule has 146 valence electrons. The summed E-state index contributed by atoms with van der Waals surface area (Å²) in [6.45, 7) is 0. The average molecular weight is 409 g/mol. The van der Waals surface area contributed by atoms with Crippen molar-refractivity contribution < 1.29 is 13.9 Å². The van der Waals surface area contributed by atoms with Crippen molar-refractivity contribution in [1.29, 1.82) is 0 Å². The standard InChI is InChI=1S/C20H16FN5O2S/c1-28-14-6-4-5-13(11-14)16-9-10-18-23-24-20(26(18)25-16)29-12-19(27)22-17-8-3-2-7-15(17)21/h2-11H,12H2,1H3,(H,22,27). The molecule has 0 radical (unpaired) electrons. The summed E-state index contributed by atoms with van der Waals surface area (Å²) in [7, 11) is 1.61. The lowest BCUT2D eigenvalue weighted by Gasteiger charge is -2.06. The van der Waals surface area contributed by atoms with Gasteiger partial charge < -0.3 is 10.1 Å². The number of methoxy groups -OCH3 is 1. The first-order valence-corrected chi connectivity index (χ1v) is 9.66. The zero-order valence-corrected chi connectivity index (χ0v) is 16.2. The normalized spacial score (nSPS) is 10.8. The fraction of sp³-hybridized carbons (Fsp3) is 0.100. The zero-order chi connectivity index (χ0) is 20.2. The van der Waals surface area contributed by atoms with Gasteiger partial charge in [0.05, 0.1) is 24.2 Å². The number of amides is 1. The van der Waals surface area contributed by atoms with E-state index in [1.807, 2.05) is 30.3 Å². The Labute approximate surface area is 169 Å². The number of anilines is 1. The van der Waals surface area contributed by atoms with Crippen molar-refractivity contribution in [3.8, 4) is 17.0 Å². The maximum atomic E-state index is 13.7. The molecule has 0 unspecified atom stereocenters. The molecule has 2 aromatic carbocycles. The number of para-hydroxylation sites is 1. The number of aromatic nitrogens is 4. The molecule has 0 aliphatic heterocycles. The number of nitrogens with zero attached hydrogens (tertiary/aromatic N) is 4. The van der Waals surface area contributed by atoms with E-state index in [0.29, 0.717) is 16.5 Å². The molecule has 1 N–H and O–H groups in total. The van der Waals surface area contributed by atoms with Crippen LogP contribution in [0.25, 0.3) is 16.9 Å². The van der Waals surface area contributed by atoms with Gasteiger partial charge in [-0.3, -0.25) is 4.79 Å². The van der Waals surface area contributed by atoms with E-state index >= 15 is 0 Å². The SMILES string of the molecule is COc1cccc(-c2ccc3nnc(SCC(=O)Nc4ccccc4F)n3n2)c1. The number of thioether (sulfide) groups is 1. The Bertz CT molecular complexity index is 1180. The van der Waals surface area contributed by atoms with Gasteiger partial charge in [0.2, 0.25) is 11.1 Å². The van der Waals surface area contributed by atoms with Crippen LogP contribution in [0.3, 0.4) is 0 Å². The molecule has 0 fully saturated rings. The molecular formula is C20H16FN5O2S. The molecule has 1 amide bonds. The van der Waals surface area contributed by atoms with Crippen LogP contribution in [0.5, 0.6) is 5.75 Å². The van der Waals surface area contributed by atoms with Gasteiger partial charge in [-0.2, -0.15) is 9.61 Å². The summed E-state index contributed by atoms with van der Waals surface area (Å²) < 4.78 is 20.5. The summed E-state index contributed by atoms with van der Waals surface area (Å²) >= 11 is 1.17. The van der Waals surface area contributed by atoms with Crippen LogP contribution in [-0.4, -0.2) is 38.6 Å². The second-order valence-electron chi connectivity index (χ2n) is 6.02. The van der Waals surface area contributed by atoms with Crippen molar-refractivity contribution in [3.05, 3.63) is 66.5 Å². The Kier molecular flexibility index (Phi) is 5.39. The molecule has 2 heterocycles. The molecule has 0 saturated heterocycles. The maximum absolute atomic E-state index is 13.7. The lowest BCUT2D eigenvalue weighted by Crippen LogP contribution is -2.15. The molecule has 2 aromatic heterocycles. The smallest absolute Gasteiger partial charge is 0.234 e. The van der Waals surface area contributed by atoms with Gasteiger partial charge in [0.25, 0.3) is 0 Å². The highest BCUT2D eigenvalue weighted by atomic mass is 32.2. The summed E-state index contributed by atoms with van der Waals surface area (Å²) in [6.07, 6.45) is 0. The van der Waals surface area contributed by atoms with Crippen LogP contribution < -0.4 is 10.1 Å². The van der Waals surface area contributed by atoms with E-state index in [-0.39, 0.29) is 17.3 Å². The van der Waals surface area contributed by atoms with Crippen molar-refractivity contribution in [3.63, 3.8) is 0 Å². The van der Waals surface area contributed by atoms with E-state index < -0.39 is 5.82 Å². The number of carbonyl (C=O) groups excluding carboxylic acids is 1. The van der Waals surface area contributed by atoms with Crippen molar-refractivity contribution in [2.45, 2.75) is 5.16 Å². The largest absolute Gasteiger partial charge is 0.497 e. The second-order valence-corrected chi connectivity index (χ2v) is 6.96. The number of ether oxygens (including phenoxy) is 1. The van der Waals surface area contributed by atoms with Crippen LogP contribution in [0, 0.1) is 5.82 Å². The Balaban J connectivity index is 1.52. The highest BCUT2D eigenvalue weighted by Gasteiger charge is 2.13. The Morgan fingerprint density at radius 1 is 1.14 bits per heavy atom. The minimum absolute atomic E-state index is 0.0419. The Morgan fingerprint density at radius 2 is 2.00 bits per heavy atom. The number of halogens is 1. The molecule has 4 rings (SSSR count). The topological polar surface area (TPSA) is 81.4 Å². The maximum Gasteiger partial charge on any atom is 0.234 e. The van der Waals surface area contributed by atoms with Gasteiger partial charge in [-0.1, -0.05) is 36.0 Å². The Hall–Kier alpha value is -3.46. The monoisotopic (exact) mass is 409 g/mol. The highest BCUT2D eigenvalue weighted by Crippen LogP contribution is 2.24. The first-order valence-electron chi connectivity index (χ1n) is 8.68. The molecule has 7 nitrogen and oxygen atoms in total. The van der Waals surface area contributed by atoms with Gasteiger partial charge in [0, 0.05) is 5.56 Å². The molecule has 9 heteroatoms. The molecule has 29 heavy (non-hydrogen) atoms. The molecule has 0 aliphatic rings. The third-order valence-corrected chi connectivity index (χ3v) is 5.00. The highest BCUT2D eigenvalue weighted by molar-refractivity contribution is 7.99. The number of hydrogen-bond acceptors (Lipinski definition) is 6. The van der Waals surface area contributed by atoms with E-state index in [9.17, 15) is 9.18 Å². The van der Waals surface area contributed by atoms with E-state index in [2.05, 4.69) is 20.6 Å². The number of benzene rings is 2. The van der Waals surface area contributed by atoms with Crippen molar-refractivity contribution in [2.75, 3.05) is 18.2 Å². The molecule has 0 bridgehead atoms. The fourth-order valence-electron chi connectivity index (χ4n) is 2.67. The van der Waals surface area contributed by atoms with Crippen LogP contribution in [0.2, 0.25) is 0 Å². The van der Waals surface area contributed by atoms with Gasteiger partial charge in [0.15, 0.2) is 5.65 Å². The van der Waals surface area contributed by atoms with Gasteiger partial charge in [-0.05, 0) is 36.4 Å². The van der Waals surface area contributed by atoms with Gasteiger partial charge in [-0.25, -0.2) is 4.39 Å². The van der Waals surface area contributed by atoms with Crippen LogP contribution in [0.4, 0.5) is 10.1 Å². The number of hydrogen-bond donors (Lipinski definition) is 1. The van der Waals surface area contributed by atoms with E-state index in [1.54, 1.807) is 29.8 Å². The first kappa shape index (κ1) is 18.9. The third kappa shape index (κ3) is 4.19. The van der Waals surface area contributed by atoms with E-state index in [4.69, 9.17) is 4.74 Å². The summed E-state index contributed by atoms with van der Waals surface area (Å²) in [6, 6.07) is 17.2. The number of fused-ring (bicyclic) bond motifs is 1. The van der Waals surface area contributed by atoms with Crippen LogP contribution in [0.15, 0.2) is 65.8 Å². The van der Waals surface area contributed by atoms with Gasteiger partial charge in [-0.15, -0.1) is 10.2 Å². The summed E-state index contributed by atoms with van der Waals surface area (Å²) in [4.78, 5) is 12.2. The van der Waals surface area contributed by atoms with E-state index in [1.165, 1.54) is 23.9 Å². The van der Waals surface area contributed by atoms with Gasteiger partial charge in [0.1, 0.15) is 11.6 Å². The second kappa shape index (κ2) is 8.27. The fourth-order valence-corrected chi connectivity index (χ4v) is 3.36. The minimum atomic E-state index is -0.483. The van der Waals surface area contributed by atoms with Crippen molar-refractivity contribution >= 4 is 29.0 Å². The van der Waals surface area contributed by atoms with Crippen LogP contribution in [-0.2, 0) is 4.79 Å². The van der Waals surface area contributed by atoms with Crippen molar-refractivity contribution in [1.82, 2.24) is 19.8 Å². The number of carbonyl (C=O) groups is 1. The quantitative estimate of drug-likeness (QED) is 0.490. The van der Waals surface area contributed by atoms with Crippen LogP contribution >= 0.6 is 11.8 Å². The lowest BCUT2D eigenvalue weighted by molar-refractivity contribution is -0.113. The zero-order valence-electron chi connectivity index (χ0n) is 15.4. The number of nitrogens with one attached hydrogen (secondary N) is 1. The molecule has 4 aromatic rings. The molecule has 0 saturated carbocycles. The van der Waals surface area contributed by atoms with Gasteiger partial charge >= 0.3 is 0 Å². The molecule has 0 spiro atoms.